The lowest BCUT2D eigenvalue weighted by atomic mass is 10.2. The minimum absolute atomic E-state index is 0.107. The largest absolute Gasteiger partial charge is 0.365 e. The Balaban J connectivity index is 2.51. The van der Waals surface area contributed by atoms with Crippen LogP contribution in [0.15, 0.2) is 27.2 Å². The third kappa shape index (κ3) is 1.88. The summed E-state index contributed by atoms with van der Waals surface area (Å²) in [6.07, 6.45) is 0. The van der Waals surface area contributed by atoms with Crippen molar-refractivity contribution >= 4 is 33.5 Å². The van der Waals surface area contributed by atoms with Crippen LogP contribution in [0.25, 0.3) is 11.5 Å². The van der Waals surface area contributed by atoms with Gasteiger partial charge in [-0.15, -0.1) is 0 Å². The molecule has 14 heavy (non-hydrogen) atoms. The fraction of sp³-hybridized carbons (Fsp3) is 0. The fourth-order valence-corrected chi connectivity index (χ4v) is 1.89. The molecule has 0 aliphatic rings. The first-order chi connectivity index (χ1) is 6.65. The van der Waals surface area contributed by atoms with Gasteiger partial charge in [0.25, 0.3) is 11.8 Å². The molecule has 0 spiro atoms. The zero-order valence-electron chi connectivity index (χ0n) is 6.87. The molecule has 4 nitrogen and oxygen atoms in total. The van der Waals surface area contributed by atoms with Gasteiger partial charge in [-0.2, -0.15) is 4.98 Å². The van der Waals surface area contributed by atoms with Crippen LogP contribution in [0.4, 0.5) is 5.95 Å². The first-order valence-corrected chi connectivity index (χ1v) is 4.88. The van der Waals surface area contributed by atoms with E-state index in [9.17, 15) is 0 Å². The van der Waals surface area contributed by atoms with E-state index in [1.807, 2.05) is 6.07 Å². The summed E-state index contributed by atoms with van der Waals surface area (Å²) in [5.74, 6) is 0.460. The molecule has 0 bridgehead atoms. The summed E-state index contributed by atoms with van der Waals surface area (Å²) < 4.78 is 5.74. The van der Waals surface area contributed by atoms with Crippen molar-refractivity contribution in [2.45, 2.75) is 0 Å². The molecule has 2 aromatic rings. The molecule has 0 amide bonds. The highest BCUT2D eigenvalue weighted by Gasteiger charge is 2.07. The lowest BCUT2D eigenvalue weighted by Crippen LogP contribution is -1.85. The Labute approximate surface area is 93.2 Å². The molecule has 0 aliphatic heterocycles. The number of hydrogen-bond acceptors (Lipinski definition) is 4. The molecule has 0 radical (unpaired) electrons. The van der Waals surface area contributed by atoms with Gasteiger partial charge in [0.2, 0.25) is 0 Å². The van der Waals surface area contributed by atoms with Gasteiger partial charge >= 0.3 is 0 Å². The van der Waals surface area contributed by atoms with Crippen LogP contribution in [0.5, 0.6) is 0 Å². The maximum atomic E-state index is 5.86. The van der Waals surface area contributed by atoms with Gasteiger partial charge < -0.3 is 10.3 Å². The molecule has 0 saturated heterocycles. The van der Waals surface area contributed by atoms with E-state index in [-0.39, 0.29) is 5.95 Å². The van der Waals surface area contributed by atoms with Gasteiger partial charge in [0.05, 0.1) is 0 Å². The Morgan fingerprint density at radius 1 is 1.36 bits per heavy atom. The van der Waals surface area contributed by atoms with Gasteiger partial charge in [0.1, 0.15) is 0 Å². The average molecular weight is 275 g/mol. The normalized spacial score (nSPS) is 10.4. The number of anilines is 1. The number of nitrogens with zero attached hydrogens (tertiary/aromatic N) is 2. The average Bonchev–Trinajstić information content (AvgIpc) is 2.50. The number of rotatable bonds is 1. The molecule has 0 aliphatic carbocycles. The van der Waals surface area contributed by atoms with Gasteiger partial charge in [0, 0.05) is 15.1 Å². The topological polar surface area (TPSA) is 64.9 Å². The molecular formula is C8H5BrClN3O. The summed E-state index contributed by atoms with van der Waals surface area (Å²) in [4.78, 5) is 3.88. The SMILES string of the molecule is Nc1noc(-c2cc(Cl)cc(Br)c2)n1. The third-order valence-corrected chi connectivity index (χ3v) is 2.23. The monoisotopic (exact) mass is 273 g/mol. The predicted molar refractivity (Wildman–Crippen MR) is 56.9 cm³/mol. The standard InChI is InChI=1S/C8H5BrClN3O/c9-5-1-4(2-6(10)3-5)7-12-8(11)13-14-7/h1-3H,(H2,11,13). The molecule has 0 unspecified atom stereocenters. The van der Waals surface area contributed by atoms with Crippen molar-refractivity contribution in [3.05, 3.63) is 27.7 Å². The second-order valence-electron chi connectivity index (χ2n) is 2.62. The minimum atomic E-state index is 0.107. The van der Waals surface area contributed by atoms with Crippen LogP contribution in [0.1, 0.15) is 0 Å². The lowest BCUT2D eigenvalue weighted by Gasteiger charge is -1.96. The van der Waals surface area contributed by atoms with E-state index in [1.54, 1.807) is 12.1 Å². The number of aromatic nitrogens is 2. The van der Waals surface area contributed by atoms with Crippen LogP contribution < -0.4 is 5.73 Å². The number of nitrogen functional groups attached to an aromatic ring is 1. The van der Waals surface area contributed by atoms with Crippen LogP contribution >= 0.6 is 27.5 Å². The molecule has 1 aromatic carbocycles. The van der Waals surface area contributed by atoms with E-state index in [1.165, 1.54) is 0 Å². The Kier molecular flexibility index (Phi) is 2.43. The molecule has 72 valence electrons. The van der Waals surface area contributed by atoms with Gasteiger partial charge in [0.15, 0.2) is 0 Å². The summed E-state index contributed by atoms with van der Waals surface area (Å²) in [7, 11) is 0. The number of halogens is 2. The summed E-state index contributed by atoms with van der Waals surface area (Å²) in [6.45, 7) is 0. The maximum Gasteiger partial charge on any atom is 0.261 e. The third-order valence-electron chi connectivity index (χ3n) is 1.55. The molecule has 0 saturated carbocycles. The quantitative estimate of drug-likeness (QED) is 0.868. The highest BCUT2D eigenvalue weighted by molar-refractivity contribution is 9.10. The second kappa shape index (κ2) is 3.59. The number of hydrogen-bond donors (Lipinski definition) is 1. The van der Waals surface area contributed by atoms with Crippen molar-refractivity contribution < 1.29 is 4.52 Å². The van der Waals surface area contributed by atoms with Crippen LogP contribution in [-0.4, -0.2) is 10.1 Å². The van der Waals surface area contributed by atoms with Gasteiger partial charge in [-0.25, -0.2) is 0 Å². The van der Waals surface area contributed by atoms with E-state index in [4.69, 9.17) is 21.9 Å². The summed E-state index contributed by atoms with van der Waals surface area (Å²) >= 11 is 9.17. The molecule has 0 atom stereocenters. The predicted octanol–water partition coefficient (Wildman–Crippen LogP) is 2.73. The molecule has 2 rings (SSSR count). The van der Waals surface area contributed by atoms with E-state index < -0.39 is 0 Å². The summed E-state index contributed by atoms with van der Waals surface area (Å²) in [6, 6.07) is 5.31. The first kappa shape index (κ1) is 9.48. The molecule has 0 fully saturated rings. The second-order valence-corrected chi connectivity index (χ2v) is 3.97. The van der Waals surface area contributed by atoms with Gasteiger partial charge in [-0.1, -0.05) is 27.5 Å². The van der Waals surface area contributed by atoms with Crippen LogP contribution in [0.3, 0.4) is 0 Å². The summed E-state index contributed by atoms with van der Waals surface area (Å²) in [5.41, 5.74) is 6.06. The fourth-order valence-electron chi connectivity index (χ4n) is 1.03. The van der Waals surface area contributed by atoms with Gasteiger partial charge in [-0.05, 0) is 23.4 Å². The lowest BCUT2D eigenvalue weighted by molar-refractivity contribution is 0.433. The van der Waals surface area contributed by atoms with Crippen LogP contribution in [-0.2, 0) is 0 Å². The summed E-state index contributed by atoms with van der Waals surface area (Å²) in [5, 5.41) is 4.07. The van der Waals surface area contributed by atoms with E-state index >= 15 is 0 Å². The Morgan fingerprint density at radius 3 is 2.71 bits per heavy atom. The Hall–Kier alpha value is -1.07. The minimum Gasteiger partial charge on any atom is -0.365 e. The van der Waals surface area contributed by atoms with Crippen molar-refractivity contribution in [2.75, 3.05) is 5.73 Å². The number of nitrogens with two attached hydrogens (primary N) is 1. The highest BCUT2D eigenvalue weighted by atomic mass is 79.9. The zero-order chi connectivity index (χ0) is 10.1. The Bertz CT molecular complexity index is 451. The molecule has 1 aromatic heterocycles. The maximum absolute atomic E-state index is 5.86. The van der Waals surface area contributed by atoms with Gasteiger partial charge in [-0.3, -0.25) is 0 Å². The zero-order valence-corrected chi connectivity index (χ0v) is 9.21. The molecule has 2 N–H and O–H groups in total. The van der Waals surface area contributed by atoms with Crippen molar-refractivity contribution in [3.63, 3.8) is 0 Å². The highest BCUT2D eigenvalue weighted by Crippen LogP contribution is 2.26. The van der Waals surface area contributed by atoms with Crippen molar-refractivity contribution in [1.82, 2.24) is 10.1 Å². The van der Waals surface area contributed by atoms with E-state index in [0.29, 0.717) is 10.9 Å². The van der Waals surface area contributed by atoms with Crippen molar-refractivity contribution in [3.8, 4) is 11.5 Å². The number of benzene rings is 1. The first-order valence-electron chi connectivity index (χ1n) is 3.71. The molecule has 1 heterocycles. The Morgan fingerprint density at radius 2 is 2.14 bits per heavy atom. The molecular weight excluding hydrogens is 269 g/mol. The van der Waals surface area contributed by atoms with E-state index in [2.05, 4.69) is 26.1 Å². The molecule has 6 heteroatoms. The van der Waals surface area contributed by atoms with Crippen molar-refractivity contribution in [1.29, 1.82) is 0 Å². The van der Waals surface area contributed by atoms with Crippen LogP contribution in [0.2, 0.25) is 5.02 Å². The van der Waals surface area contributed by atoms with E-state index in [0.717, 1.165) is 10.0 Å². The van der Waals surface area contributed by atoms with Crippen LogP contribution in [0, 0.1) is 0 Å². The van der Waals surface area contributed by atoms with Crippen molar-refractivity contribution in [2.24, 2.45) is 0 Å². The smallest absolute Gasteiger partial charge is 0.261 e.